The van der Waals surface area contributed by atoms with Gasteiger partial charge in [-0.1, -0.05) is 18.2 Å². The van der Waals surface area contributed by atoms with Crippen molar-refractivity contribution in [3.05, 3.63) is 42.0 Å². The molecule has 2 heteroatoms. The zero-order chi connectivity index (χ0) is 9.68. The van der Waals surface area contributed by atoms with Gasteiger partial charge in [0, 0.05) is 10.6 Å². The Morgan fingerprint density at radius 1 is 1.62 bits per heavy atom. The first kappa shape index (κ1) is 9.88. The average Bonchev–Trinajstić information content (AvgIpc) is 2.15. The van der Waals surface area contributed by atoms with E-state index in [0.717, 1.165) is 16.2 Å². The molecular weight excluding hydrogens is 178 g/mol. The van der Waals surface area contributed by atoms with Gasteiger partial charge in [-0.15, -0.1) is 11.8 Å². The van der Waals surface area contributed by atoms with Crippen LogP contribution in [0.5, 0.6) is 0 Å². The number of hydrogen-bond donors (Lipinski definition) is 0. The zero-order valence-electron chi connectivity index (χ0n) is 7.58. The van der Waals surface area contributed by atoms with Gasteiger partial charge in [0.05, 0.1) is 11.6 Å². The molecule has 0 N–H and O–H groups in total. The molecule has 0 aliphatic heterocycles. The number of nitriles is 1. The molecule has 0 unspecified atom stereocenters. The highest BCUT2D eigenvalue weighted by atomic mass is 32.2. The molecule has 0 radical (unpaired) electrons. The largest absolute Gasteiger partial charge is 0.192 e. The van der Waals surface area contributed by atoms with E-state index in [2.05, 4.69) is 12.6 Å². The van der Waals surface area contributed by atoms with E-state index in [1.165, 1.54) is 0 Å². The van der Waals surface area contributed by atoms with Gasteiger partial charge in [0.15, 0.2) is 0 Å². The molecule has 0 saturated carbocycles. The van der Waals surface area contributed by atoms with Gasteiger partial charge in [-0.05, 0) is 25.1 Å². The molecule has 13 heavy (non-hydrogen) atoms. The van der Waals surface area contributed by atoms with Crippen LogP contribution in [-0.4, -0.2) is 5.75 Å². The lowest BCUT2D eigenvalue weighted by Gasteiger charge is -2.00. The first-order valence-corrected chi connectivity index (χ1v) is 4.98. The summed E-state index contributed by atoms with van der Waals surface area (Å²) in [5, 5.41) is 8.66. The Bertz CT molecular complexity index is 349. The molecule has 0 bridgehead atoms. The van der Waals surface area contributed by atoms with Gasteiger partial charge < -0.3 is 0 Å². The van der Waals surface area contributed by atoms with Gasteiger partial charge >= 0.3 is 0 Å². The fraction of sp³-hybridized carbons (Fsp3) is 0.182. The Balaban J connectivity index is 2.68. The fourth-order valence-electron chi connectivity index (χ4n) is 0.862. The number of nitrogens with zero attached hydrogens (tertiary/aromatic N) is 1. The second-order valence-electron chi connectivity index (χ2n) is 2.89. The van der Waals surface area contributed by atoms with Crippen molar-refractivity contribution in [2.75, 3.05) is 5.75 Å². The van der Waals surface area contributed by atoms with Gasteiger partial charge in [0.2, 0.25) is 0 Å². The van der Waals surface area contributed by atoms with Crippen LogP contribution in [0.25, 0.3) is 0 Å². The Hall–Kier alpha value is -1.20. The molecule has 1 aromatic carbocycles. The molecule has 1 aromatic rings. The standard InChI is InChI=1S/C11H11NS/c1-9(2)8-13-11-5-3-4-10(6-11)7-12/h3-6H,1,8H2,2H3. The molecule has 0 fully saturated rings. The van der Waals surface area contributed by atoms with E-state index in [1.807, 2.05) is 31.2 Å². The summed E-state index contributed by atoms with van der Waals surface area (Å²) in [4.78, 5) is 1.13. The van der Waals surface area contributed by atoms with Crippen LogP contribution in [0, 0.1) is 11.3 Å². The number of benzene rings is 1. The molecular formula is C11H11NS. The van der Waals surface area contributed by atoms with Crippen LogP contribution in [0.3, 0.4) is 0 Å². The summed E-state index contributed by atoms with van der Waals surface area (Å²) in [5.74, 6) is 0.912. The molecule has 1 rings (SSSR count). The van der Waals surface area contributed by atoms with E-state index >= 15 is 0 Å². The first-order valence-electron chi connectivity index (χ1n) is 3.99. The van der Waals surface area contributed by atoms with E-state index < -0.39 is 0 Å². The molecule has 1 nitrogen and oxygen atoms in total. The SMILES string of the molecule is C=C(C)CSc1cccc(C#N)c1. The summed E-state index contributed by atoms with van der Waals surface area (Å²) in [7, 11) is 0. The van der Waals surface area contributed by atoms with Crippen LogP contribution in [0.2, 0.25) is 0 Å². The van der Waals surface area contributed by atoms with Gasteiger partial charge in [-0.25, -0.2) is 0 Å². The second kappa shape index (κ2) is 4.74. The van der Waals surface area contributed by atoms with Gasteiger partial charge in [-0.2, -0.15) is 5.26 Å². The van der Waals surface area contributed by atoms with Crippen molar-refractivity contribution >= 4 is 11.8 Å². The monoisotopic (exact) mass is 189 g/mol. The van der Waals surface area contributed by atoms with Crippen molar-refractivity contribution in [3.63, 3.8) is 0 Å². The molecule has 0 saturated heterocycles. The molecule has 0 atom stereocenters. The minimum Gasteiger partial charge on any atom is -0.192 e. The minimum absolute atomic E-state index is 0.715. The molecule has 0 amide bonds. The maximum absolute atomic E-state index is 8.66. The molecule has 0 spiro atoms. The van der Waals surface area contributed by atoms with Crippen molar-refractivity contribution in [2.24, 2.45) is 0 Å². The smallest absolute Gasteiger partial charge is 0.0992 e. The van der Waals surface area contributed by atoms with Crippen LogP contribution >= 0.6 is 11.8 Å². The Kier molecular flexibility index (Phi) is 3.60. The van der Waals surface area contributed by atoms with Crippen LogP contribution in [0.15, 0.2) is 41.3 Å². The van der Waals surface area contributed by atoms with Crippen LogP contribution < -0.4 is 0 Å². The normalized spacial score (nSPS) is 9.23. The fourth-order valence-corrected chi connectivity index (χ4v) is 1.66. The van der Waals surface area contributed by atoms with Crippen LogP contribution in [0.1, 0.15) is 12.5 Å². The van der Waals surface area contributed by atoms with E-state index in [1.54, 1.807) is 11.8 Å². The van der Waals surface area contributed by atoms with Gasteiger partial charge in [0.25, 0.3) is 0 Å². The minimum atomic E-state index is 0.715. The third-order valence-corrected chi connectivity index (χ3v) is 2.67. The predicted octanol–water partition coefficient (Wildman–Crippen LogP) is 3.23. The lowest BCUT2D eigenvalue weighted by Crippen LogP contribution is -1.80. The second-order valence-corrected chi connectivity index (χ2v) is 3.93. The summed E-state index contributed by atoms with van der Waals surface area (Å²) in [6, 6.07) is 9.74. The summed E-state index contributed by atoms with van der Waals surface area (Å²) < 4.78 is 0. The first-order chi connectivity index (χ1) is 6.22. The molecule has 0 aromatic heterocycles. The van der Waals surface area contributed by atoms with Gasteiger partial charge in [0.1, 0.15) is 0 Å². The Morgan fingerprint density at radius 3 is 3.00 bits per heavy atom. The third-order valence-electron chi connectivity index (χ3n) is 1.45. The van der Waals surface area contributed by atoms with E-state index in [0.29, 0.717) is 5.56 Å². The quantitative estimate of drug-likeness (QED) is 0.538. The molecule has 0 aliphatic rings. The molecule has 66 valence electrons. The predicted molar refractivity (Wildman–Crippen MR) is 56.7 cm³/mol. The van der Waals surface area contributed by atoms with Crippen molar-refractivity contribution in [2.45, 2.75) is 11.8 Å². The molecule has 0 heterocycles. The Morgan fingerprint density at radius 2 is 2.38 bits per heavy atom. The van der Waals surface area contributed by atoms with Crippen molar-refractivity contribution < 1.29 is 0 Å². The van der Waals surface area contributed by atoms with E-state index in [4.69, 9.17) is 5.26 Å². The maximum Gasteiger partial charge on any atom is 0.0992 e. The van der Waals surface area contributed by atoms with Crippen LogP contribution in [-0.2, 0) is 0 Å². The summed E-state index contributed by atoms with van der Waals surface area (Å²) >= 11 is 1.71. The summed E-state index contributed by atoms with van der Waals surface area (Å²) in [6.45, 7) is 5.83. The average molecular weight is 189 g/mol. The summed E-state index contributed by atoms with van der Waals surface area (Å²) in [5.41, 5.74) is 1.86. The van der Waals surface area contributed by atoms with E-state index in [-0.39, 0.29) is 0 Å². The highest BCUT2D eigenvalue weighted by Crippen LogP contribution is 2.20. The van der Waals surface area contributed by atoms with E-state index in [9.17, 15) is 0 Å². The molecule has 0 aliphatic carbocycles. The third kappa shape index (κ3) is 3.35. The maximum atomic E-state index is 8.66. The number of rotatable bonds is 3. The zero-order valence-corrected chi connectivity index (χ0v) is 8.40. The van der Waals surface area contributed by atoms with Crippen LogP contribution in [0.4, 0.5) is 0 Å². The lowest BCUT2D eigenvalue weighted by atomic mass is 10.2. The van der Waals surface area contributed by atoms with Crippen molar-refractivity contribution in [1.82, 2.24) is 0 Å². The van der Waals surface area contributed by atoms with Crippen molar-refractivity contribution in [1.29, 1.82) is 5.26 Å². The topological polar surface area (TPSA) is 23.8 Å². The lowest BCUT2D eigenvalue weighted by molar-refractivity contribution is 1.38. The Labute approximate surface area is 83.1 Å². The van der Waals surface area contributed by atoms with Gasteiger partial charge in [-0.3, -0.25) is 0 Å². The number of hydrogen-bond acceptors (Lipinski definition) is 2. The summed E-state index contributed by atoms with van der Waals surface area (Å²) in [6.07, 6.45) is 0. The van der Waals surface area contributed by atoms with Crippen molar-refractivity contribution in [3.8, 4) is 6.07 Å². The number of thioether (sulfide) groups is 1. The highest BCUT2D eigenvalue weighted by Gasteiger charge is 1.95. The highest BCUT2D eigenvalue weighted by molar-refractivity contribution is 7.99.